The van der Waals surface area contributed by atoms with Crippen LogP contribution < -0.4 is 5.32 Å². The van der Waals surface area contributed by atoms with E-state index >= 15 is 0 Å². The van der Waals surface area contributed by atoms with E-state index in [1.54, 1.807) is 0 Å². The third kappa shape index (κ3) is 2.33. The fourth-order valence-electron chi connectivity index (χ4n) is 2.84. The summed E-state index contributed by atoms with van der Waals surface area (Å²) in [6.07, 6.45) is 2.11. The van der Waals surface area contributed by atoms with Crippen LogP contribution in [-0.4, -0.2) is 47.2 Å². The number of H-pyrrole nitrogens is 1. The van der Waals surface area contributed by atoms with E-state index in [0.29, 0.717) is 5.69 Å². The number of aromatic nitrogens is 2. The number of amides is 1. The molecule has 6 heteroatoms. The van der Waals surface area contributed by atoms with Gasteiger partial charge in [0.15, 0.2) is 5.69 Å². The first kappa shape index (κ1) is 13.6. The largest absolute Gasteiger partial charge is 0.333 e. The second-order valence-corrected chi connectivity index (χ2v) is 6.03. The zero-order valence-corrected chi connectivity index (χ0v) is 12.9. The second-order valence-electron chi connectivity index (χ2n) is 5.11. The number of carbonyl (C=O) groups excluding carboxylic acids is 1. The zero-order chi connectivity index (χ0) is 14.1. The zero-order valence-electron chi connectivity index (χ0n) is 11.3. The molecule has 1 aromatic carbocycles. The fourth-order valence-corrected chi connectivity index (χ4v) is 3.20. The molecule has 1 saturated heterocycles. The van der Waals surface area contributed by atoms with Crippen LogP contribution >= 0.6 is 15.9 Å². The molecule has 1 aromatic heterocycles. The summed E-state index contributed by atoms with van der Waals surface area (Å²) in [6.45, 7) is 1.64. The molecule has 2 N–H and O–H groups in total. The number of halogens is 1. The molecule has 106 valence electrons. The number of rotatable bonds is 3. The Kier molecular flexibility index (Phi) is 3.76. The van der Waals surface area contributed by atoms with Crippen LogP contribution in [0, 0.1) is 0 Å². The van der Waals surface area contributed by atoms with Crippen molar-refractivity contribution in [3.8, 4) is 0 Å². The molecule has 20 heavy (non-hydrogen) atoms. The summed E-state index contributed by atoms with van der Waals surface area (Å²) in [4.78, 5) is 14.7. The standard InChI is InChI=1S/C14H17BrN4O/c1-16-8-10-3-2-6-19(10)14(20)13-11-7-9(15)4-5-12(11)17-18-13/h4-5,7,10,16H,2-3,6,8H2,1H3,(H,17,18). The predicted molar refractivity (Wildman–Crippen MR) is 81.8 cm³/mol. The Morgan fingerprint density at radius 2 is 2.45 bits per heavy atom. The number of fused-ring (bicyclic) bond motifs is 1. The Morgan fingerprint density at radius 3 is 3.25 bits per heavy atom. The average Bonchev–Trinajstić information content (AvgIpc) is 3.04. The van der Waals surface area contributed by atoms with Gasteiger partial charge in [-0.1, -0.05) is 15.9 Å². The van der Waals surface area contributed by atoms with Crippen molar-refractivity contribution in [1.82, 2.24) is 20.4 Å². The van der Waals surface area contributed by atoms with E-state index in [1.165, 1.54) is 0 Å². The van der Waals surface area contributed by atoms with Crippen molar-refractivity contribution in [2.75, 3.05) is 20.1 Å². The van der Waals surface area contributed by atoms with Crippen LogP contribution in [0.5, 0.6) is 0 Å². The lowest BCUT2D eigenvalue weighted by Gasteiger charge is -2.23. The smallest absolute Gasteiger partial charge is 0.275 e. The first-order valence-electron chi connectivity index (χ1n) is 6.80. The molecule has 5 nitrogen and oxygen atoms in total. The van der Waals surface area contributed by atoms with Crippen LogP contribution in [0.4, 0.5) is 0 Å². The highest BCUT2D eigenvalue weighted by atomic mass is 79.9. The number of hydrogen-bond donors (Lipinski definition) is 2. The van der Waals surface area contributed by atoms with Crippen LogP contribution in [0.2, 0.25) is 0 Å². The molecule has 1 unspecified atom stereocenters. The van der Waals surface area contributed by atoms with Crippen molar-refractivity contribution < 1.29 is 4.79 Å². The Bertz CT molecular complexity index is 639. The molecule has 0 saturated carbocycles. The number of benzene rings is 1. The fraction of sp³-hybridized carbons (Fsp3) is 0.429. The van der Waals surface area contributed by atoms with E-state index in [2.05, 4.69) is 31.4 Å². The maximum atomic E-state index is 12.7. The Labute approximate surface area is 125 Å². The molecular formula is C14H17BrN4O. The number of likely N-dealkylation sites (tertiary alicyclic amines) is 1. The van der Waals surface area contributed by atoms with Crippen molar-refractivity contribution >= 4 is 32.7 Å². The van der Waals surface area contributed by atoms with Crippen LogP contribution in [0.15, 0.2) is 22.7 Å². The third-order valence-corrected chi connectivity index (χ3v) is 4.30. The molecule has 0 spiro atoms. The molecule has 2 heterocycles. The normalized spacial score (nSPS) is 18.9. The number of likely N-dealkylation sites (N-methyl/N-ethyl adjacent to an activating group) is 1. The lowest BCUT2D eigenvalue weighted by Crippen LogP contribution is -2.41. The second kappa shape index (κ2) is 5.54. The molecule has 2 aromatic rings. The molecule has 1 amide bonds. The van der Waals surface area contributed by atoms with E-state index in [-0.39, 0.29) is 11.9 Å². The van der Waals surface area contributed by atoms with Crippen molar-refractivity contribution in [2.24, 2.45) is 0 Å². The monoisotopic (exact) mass is 336 g/mol. The van der Waals surface area contributed by atoms with Gasteiger partial charge in [0.2, 0.25) is 0 Å². The van der Waals surface area contributed by atoms with E-state index in [1.807, 2.05) is 30.1 Å². The van der Waals surface area contributed by atoms with Gasteiger partial charge < -0.3 is 10.2 Å². The lowest BCUT2D eigenvalue weighted by atomic mass is 10.1. The number of aromatic amines is 1. The molecular weight excluding hydrogens is 320 g/mol. The molecule has 1 fully saturated rings. The molecule has 0 aliphatic carbocycles. The number of nitrogens with zero attached hydrogens (tertiary/aromatic N) is 2. The minimum Gasteiger partial charge on any atom is -0.333 e. The molecule has 1 aliphatic rings. The Morgan fingerprint density at radius 1 is 1.60 bits per heavy atom. The lowest BCUT2D eigenvalue weighted by molar-refractivity contribution is 0.0733. The van der Waals surface area contributed by atoms with Gasteiger partial charge in [0.1, 0.15) is 0 Å². The van der Waals surface area contributed by atoms with Crippen molar-refractivity contribution in [1.29, 1.82) is 0 Å². The number of carbonyl (C=O) groups is 1. The van der Waals surface area contributed by atoms with Gasteiger partial charge in [0.25, 0.3) is 5.91 Å². The van der Waals surface area contributed by atoms with Gasteiger partial charge in [0, 0.05) is 29.0 Å². The maximum absolute atomic E-state index is 12.7. The highest BCUT2D eigenvalue weighted by Gasteiger charge is 2.30. The summed E-state index contributed by atoms with van der Waals surface area (Å²) in [6, 6.07) is 6.08. The number of nitrogens with one attached hydrogen (secondary N) is 2. The molecule has 0 bridgehead atoms. The Hall–Kier alpha value is -1.40. The van der Waals surface area contributed by atoms with Gasteiger partial charge in [-0.05, 0) is 38.1 Å². The van der Waals surface area contributed by atoms with Crippen LogP contribution in [0.25, 0.3) is 10.9 Å². The quantitative estimate of drug-likeness (QED) is 0.902. The summed E-state index contributed by atoms with van der Waals surface area (Å²) in [5.41, 5.74) is 1.41. The van der Waals surface area contributed by atoms with E-state index in [9.17, 15) is 4.79 Å². The SMILES string of the molecule is CNCC1CCCN1C(=O)c1n[nH]c2ccc(Br)cc12. The summed E-state index contributed by atoms with van der Waals surface area (Å²) in [7, 11) is 1.92. The summed E-state index contributed by atoms with van der Waals surface area (Å²) >= 11 is 3.44. The van der Waals surface area contributed by atoms with Gasteiger partial charge in [-0.3, -0.25) is 9.89 Å². The van der Waals surface area contributed by atoms with E-state index < -0.39 is 0 Å². The summed E-state index contributed by atoms with van der Waals surface area (Å²) in [5, 5.41) is 11.2. The molecule has 0 radical (unpaired) electrons. The van der Waals surface area contributed by atoms with Crippen LogP contribution in [0.1, 0.15) is 23.3 Å². The van der Waals surface area contributed by atoms with Gasteiger partial charge >= 0.3 is 0 Å². The summed E-state index contributed by atoms with van der Waals surface area (Å²) < 4.78 is 0.952. The van der Waals surface area contributed by atoms with Gasteiger partial charge in [-0.2, -0.15) is 5.10 Å². The highest BCUT2D eigenvalue weighted by Crippen LogP contribution is 2.25. The molecule has 3 rings (SSSR count). The summed E-state index contributed by atoms with van der Waals surface area (Å²) in [5.74, 6) is 0.0205. The van der Waals surface area contributed by atoms with E-state index in [0.717, 1.165) is 41.3 Å². The van der Waals surface area contributed by atoms with E-state index in [4.69, 9.17) is 0 Å². The maximum Gasteiger partial charge on any atom is 0.275 e. The van der Waals surface area contributed by atoms with Crippen molar-refractivity contribution in [3.63, 3.8) is 0 Å². The first-order chi connectivity index (χ1) is 9.70. The minimum absolute atomic E-state index is 0.0205. The van der Waals surface area contributed by atoms with Crippen LogP contribution in [-0.2, 0) is 0 Å². The molecule has 1 aliphatic heterocycles. The van der Waals surface area contributed by atoms with Crippen molar-refractivity contribution in [2.45, 2.75) is 18.9 Å². The van der Waals surface area contributed by atoms with Gasteiger partial charge in [-0.15, -0.1) is 0 Å². The van der Waals surface area contributed by atoms with Crippen LogP contribution in [0.3, 0.4) is 0 Å². The minimum atomic E-state index is 0.0205. The van der Waals surface area contributed by atoms with Crippen molar-refractivity contribution in [3.05, 3.63) is 28.4 Å². The first-order valence-corrected chi connectivity index (χ1v) is 7.59. The van der Waals surface area contributed by atoms with Gasteiger partial charge in [-0.25, -0.2) is 0 Å². The number of hydrogen-bond acceptors (Lipinski definition) is 3. The average molecular weight is 337 g/mol. The van der Waals surface area contributed by atoms with Gasteiger partial charge in [0.05, 0.1) is 5.52 Å². The topological polar surface area (TPSA) is 61.0 Å². The molecule has 1 atom stereocenters. The Balaban J connectivity index is 1.94. The highest BCUT2D eigenvalue weighted by molar-refractivity contribution is 9.10. The predicted octanol–water partition coefficient (Wildman–Crippen LogP) is 2.15. The third-order valence-electron chi connectivity index (χ3n) is 3.81.